The number of nitrogens with zero attached hydrogens (tertiary/aromatic N) is 3. The van der Waals surface area contributed by atoms with Crippen LogP contribution in [0, 0.1) is 6.92 Å². The number of carbonyl (C=O) groups excluding carboxylic acids is 1. The Morgan fingerprint density at radius 1 is 1.06 bits per heavy atom. The maximum atomic E-state index is 13.7. The predicted octanol–water partition coefficient (Wildman–Crippen LogP) is 4.01. The molecule has 6 nitrogen and oxygen atoms in total. The van der Waals surface area contributed by atoms with Gasteiger partial charge < -0.3 is 9.32 Å². The van der Waals surface area contributed by atoms with Gasteiger partial charge in [-0.15, -0.1) is 0 Å². The number of aromatic nitrogens is 1. The van der Waals surface area contributed by atoms with Gasteiger partial charge in [-0.25, -0.2) is 4.99 Å². The van der Waals surface area contributed by atoms with Crippen molar-refractivity contribution in [2.75, 3.05) is 19.0 Å². The molecule has 1 aliphatic rings. The Morgan fingerprint density at radius 2 is 1.78 bits per heavy atom. The van der Waals surface area contributed by atoms with Crippen molar-refractivity contribution < 1.29 is 9.21 Å². The molecule has 2 aromatic carbocycles. The number of Topliss-reactive ketones (excluding diaryl/α,β-unsaturated/α-hetero) is 1. The van der Waals surface area contributed by atoms with Gasteiger partial charge in [0.15, 0.2) is 10.6 Å². The molecule has 5 rings (SSSR count). The van der Waals surface area contributed by atoms with E-state index in [-0.39, 0.29) is 17.8 Å². The monoisotopic (exact) mass is 497 g/mol. The van der Waals surface area contributed by atoms with Crippen molar-refractivity contribution in [3.05, 3.63) is 120 Å². The third-order valence-corrected chi connectivity index (χ3v) is 7.25. The molecule has 0 spiro atoms. The fraction of sp³-hybridized carbons (Fsp3) is 0.207. The SMILES string of the molecule is CC1=C(C(=O)Cc2ccccc2)C(c2ccc(C)o2)n2c(s/c(=C/c3ccc(N(C)C)cc3)c2=O)=N1. The van der Waals surface area contributed by atoms with Crippen molar-refractivity contribution >= 4 is 28.9 Å². The molecule has 4 aromatic rings. The van der Waals surface area contributed by atoms with Crippen LogP contribution in [-0.4, -0.2) is 24.4 Å². The van der Waals surface area contributed by atoms with E-state index >= 15 is 0 Å². The number of benzene rings is 2. The number of anilines is 1. The van der Waals surface area contributed by atoms with Crippen LogP contribution in [0.3, 0.4) is 0 Å². The van der Waals surface area contributed by atoms with Gasteiger partial charge in [0, 0.05) is 37.5 Å². The Hall–Kier alpha value is -3.97. The van der Waals surface area contributed by atoms with Crippen LogP contribution in [0.15, 0.2) is 92.2 Å². The third-order valence-electron chi connectivity index (χ3n) is 6.27. The minimum absolute atomic E-state index is 0.0740. The average Bonchev–Trinajstić information content (AvgIpc) is 3.42. The van der Waals surface area contributed by atoms with E-state index < -0.39 is 6.04 Å². The Balaban J connectivity index is 1.63. The first-order chi connectivity index (χ1) is 17.3. The molecule has 7 heteroatoms. The Morgan fingerprint density at radius 3 is 2.42 bits per heavy atom. The quantitative estimate of drug-likeness (QED) is 0.404. The number of fused-ring (bicyclic) bond motifs is 1. The van der Waals surface area contributed by atoms with Gasteiger partial charge in [-0.1, -0.05) is 53.8 Å². The summed E-state index contributed by atoms with van der Waals surface area (Å²) in [5, 5.41) is 0. The molecule has 0 radical (unpaired) electrons. The number of rotatable bonds is 6. The molecule has 0 amide bonds. The Kier molecular flexibility index (Phi) is 6.33. The summed E-state index contributed by atoms with van der Waals surface area (Å²) in [6, 6.07) is 20.6. The largest absolute Gasteiger partial charge is 0.464 e. The van der Waals surface area contributed by atoms with Crippen molar-refractivity contribution in [1.82, 2.24) is 4.57 Å². The highest BCUT2D eigenvalue weighted by atomic mass is 32.1. The minimum atomic E-state index is -0.663. The predicted molar refractivity (Wildman–Crippen MR) is 143 cm³/mol. The second-order valence-electron chi connectivity index (χ2n) is 9.10. The average molecular weight is 498 g/mol. The lowest BCUT2D eigenvalue weighted by molar-refractivity contribution is -0.115. The fourth-order valence-corrected chi connectivity index (χ4v) is 5.49. The summed E-state index contributed by atoms with van der Waals surface area (Å²) in [6.07, 6.45) is 2.10. The number of ketones is 1. The number of thiazole rings is 1. The second-order valence-corrected chi connectivity index (χ2v) is 10.1. The number of hydrogen-bond donors (Lipinski definition) is 0. The van der Waals surface area contributed by atoms with Gasteiger partial charge in [0.2, 0.25) is 0 Å². The molecule has 0 N–H and O–H groups in total. The molecular weight excluding hydrogens is 470 g/mol. The highest BCUT2D eigenvalue weighted by Gasteiger charge is 2.34. The van der Waals surface area contributed by atoms with Crippen LogP contribution < -0.4 is 19.8 Å². The molecule has 3 heterocycles. The van der Waals surface area contributed by atoms with Gasteiger partial charge in [-0.3, -0.25) is 14.2 Å². The van der Waals surface area contributed by atoms with Gasteiger partial charge in [-0.2, -0.15) is 0 Å². The number of hydrogen-bond acceptors (Lipinski definition) is 6. The molecule has 1 unspecified atom stereocenters. The fourth-order valence-electron chi connectivity index (χ4n) is 4.44. The second kappa shape index (κ2) is 9.59. The van der Waals surface area contributed by atoms with E-state index in [2.05, 4.69) is 0 Å². The Bertz CT molecular complexity index is 1640. The van der Waals surface area contributed by atoms with Crippen LogP contribution in [0.1, 0.15) is 35.6 Å². The molecule has 36 heavy (non-hydrogen) atoms. The third kappa shape index (κ3) is 4.50. The number of carbonyl (C=O) groups is 1. The van der Waals surface area contributed by atoms with Crippen molar-refractivity contribution in [3.8, 4) is 0 Å². The van der Waals surface area contributed by atoms with Crippen LogP contribution >= 0.6 is 11.3 Å². The maximum absolute atomic E-state index is 13.7. The Labute approximate surface area is 213 Å². The van der Waals surface area contributed by atoms with E-state index in [1.165, 1.54) is 11.3 Å². The summed E-state index contributed by atoms with van der Waals surface area (Å²) < 4.78 is 8.14. The summed E-state index contributed by atoms with van der Waals surface area (Å²) >= 11 is 1.32. The van der Waals surface area contributed by atoms with Crippen molar-refractivity contribution in [1.29, 1.82) is 0 Å². The van der Waals surface area contributed by atoms with E-state index in [0.717, 1.165) is 22.6 Å². The zero-order chi connectivity index (χ0) is 25.4. The standard InChI is InChI=1S/C29H27N3O3S/c1-18-10-15-24(35-18)27-26(23(33)16-20-8-6-5-7-9-20)19(2)30-29-32(27)28(34)25(36-29)17-21-11-13-22(14-12-21)31(3)4/h5-15,17,27H,16H2,1-4H3/b25-17+. The summed E-state index contributed by atoms with van der Waals surface area (Å²) in [5.41, 5.74) is 3.83. The molecule has 2 aromatic heterocycles. The van der Waals surface area contributed by atoms with Gasteiger partial charge in [-0.05, 0) is 55.3 Å². The summed E-state index contributed by atoms with van der Waals surface area (Å²) in [7, 11) is 3.98. The summed E-state index contributed by atoms with van der Waals surface area (Å²) in [5.74, 6) is 1.20. The first-order valence-corrected chi connectivity index (χ1v) is 12.6. The van der Waals surface area contributed by atoms with Gasteiger partial charge in [0.05, 0.1) is 4.53 Å². The zero-order valence-corrected chi connectivity index (χ0v) is 21.5. The highest BCUT2D eigenvalue weighted by Crippen LogP contribution is 2.32. The lowest BCUT2D eigenvalue weighted by atomic mass is 9.93. The number of furan rings is 1. The number of aryl methyl sites for hydroxylation is 1. The molecule has 0 bridgehead atoms. The lowest BCUT2D eigenvalue weighted by Crippen LogP contribution is -2.39. The summed E-state index contributed by atoms with van der Waals surface area (Å²) in [4.78, 5) is 34.6. The normalized spacial score (nSPS) is 15.6. The van der Waals surface area contributed by atoms with Crippen LogP contribution in [0.5, 0.6) is 0 Å². The van der Waals surface area contributed by atoms with E-state index in [0.29, 0.717) is 26.4 Å². The number of allylic oxidation sites excluding steroid dienone is 2. The van der Waals surface area contributed by atoms with Gasteiger partial charge in [0.25, 0.3) is 5.56 Å². The van der Waals surface area contributed by atoms with Crippen LogP contribution in [0.2, 0.25) is 0 Å². The molecule has 0 saturated heterocycles. The molecule has 0 saturated carbocycles. The first-order valence-electron chi connectivity index (χ1n) is 11.7. The minimum Gasteiger partial charge on any atom is -0.464 e. The summed E-state index contributed by atoms with van der Waals surface area (Å²) in [6.45, 7) is 3.69. The molecule has 0 fully saturated rings. The molecule has 0 aliphatic carbocycles. The van der Waals surface area contributed by atoms with Crippen LogP contribution in [-0.2, 0) is 11.2 Å². The maximum Gasteiger partial charge on any atom is 0.271 e. The van der Waals surface area contributed by atoms with E-state index in [4.69, 9.17) is 9.41 Å². The lowest BCUT2D eigenvalue weighted by Gasteiger charge is -2.23. The molecular formula is C29H27N3O3S. The van der Waals surface area contributed by atoms with Crippen molar-refractivity contribution in [2.45, 2.75) is 26.3 Å². The van der Waals surface area contributed by atoms with E-state index in [1.807, 2.05) is 106 Å². The van der Waals surface area contributed by atoms with Gasteiger partial charge >= 0.3 is 0 Å². The van der Waals surface area contributed by atoms with Gasteiger partial charge in [0.1, 0.15) is 17.6 Å². The van der Waals surface area contributed by atoms with Crippen LogP contribution in [0.25, 0.3) is 6.08 Å². The van der Waals surface area contributed by atoms with E-state index in [9.17, 15) is 9.59 Å². The first kappa shape index (κ1) is 23.8. The zero-order valence-electron chi connectivity index (χ0n) is 20.7. The highest BCUT2D eigenvalue weighted by molar-refractivity contribution is 7.07. The van der Waals surface area contributed by atoms with Crippen molar-refractivity contribution in [2.24, 2.45) is 4.99 Å². The smallest absolute Gasteiger partial charge is 0.271 e. The molecule has 1 aliphatic heterocycles. The molecule has 1 atom stereocenters. The van der Waals surface area contributed by atoms with Crippen LogP contribution in [0.4, 0.5) is 5.69 Å². The van der Waals surface area contributed by atoms with E-state index in [1.54, 1.807) is 4.57 Å². The molecule has 182 valence electrons. The topological polar surface area (TPSA) is 67.8 Å². The van der Waals surface area contributed by atoms with Crippen molar-refractivity contribution in [3.63, 3.8) is 0 Å².